The summed E-state index contributed by atoms with van der Waals surface area (Å²) < 4.78 is 5.08. The maximum Gasteiger partial charge on any atom is 0.229 e. The number of rotatable bonds is 4. The summed E-state index contributed by atoms with van der Waals surface area (Å²) in [5.41, 5.74) is 1.46. The van der Waals surface area contributed by atoms with Crippen LogP contribution in [0.5, 0.6) is 0 Å². The fourth-order valence-corrected chi connectivity index (χ4v) is 2.01. The number of hydrogen-bond acceptors (Lipinski definition) is 6. The SMILES string of the molecule is N#CCC(O)Cc1nc(-c2ccc3ccccc3n2)no1. The van der Waals surface area contributed by atoms with Crippen molar-refractivity contribution < 1.29 is 9.63 Å². The molecule has 0 bridgehead atoms. The van der Waals surface area contributed by atoms with E-state index in [1.807, 2.05) is 42.5 Å². The van der Waals surface area contributed by atoms with Crippen LogP contribution >= 0.6 is 0 Å². The van der Waals surface area contributed by atoms with E-state index in [9.17, 15) is 5.11 Å². The lowest BCUT2D eigenvalue weighted by Crippen LogP contribution is -2.09. The van der Waals surface area contributed by atoms with E-state index in [2.05, 4.69) is 15.1 Å². The van der Waals surface area contributed by atoms with Crippen molar-refractivity contribution >= 4 is 10.9 Å². The third-order valence-corrected chi connectivity index (χ3v) is 3.03. The van der Waals surface area contributed by atoms with Crippen molar-refractivity contribution in [3.63, 3.8) is 0 Å². The Kier molecular flexibility index (Phi) is 3.58. The molecule has 0 fully saturated rings. The number of para-hydroxylation sites is 1. The Morgan fingerprint density at radius 3 is 2.90 bits per heavy atom. The average Bonchev–Trinajstić information content (AvgIpc) is 2.95. The predicted molar refractivity (Wildman–Crippen MR) is 75.0 cm³/mol. The molecule has 0 aliphatic carbocycles. The second-order valence-corrected chi connectivity index (χ2v) is 4.62. The smallest absolute Gasteiger partial charge is 0.229 e. The van der Waals surface area contributed by atoms with Gasteiger partial charge in [-0.05, 0) is 12.1 Å². The Balaban J connectivity index is 1.86. The molecule has 6 nitrogen and oxygen atoms in total. The molecule has 3 rings (SSSR count). The van der Waals surface area contributed by atoms with E-state index in [4.69, 9.17) is 9.78 Å². The average molecular weight is 280 g/mol. The van der Waals surface area contributed by atoms with Gasteiger partial charge in [0.1, 0.15) is 5.69 Å². The number of aliphatic hydroxyl groups excluding tert-OH is 1. The largest absolute Gasteiger partial charge is 0.392 e. The third kappa shape index (κ3) is 2.88. The van der Waals surface area contributed by atoms with E-state index in [-0.39, 0.29) is 12.8 Å². The van der Waals surface area contributed by atoms with Crippen LogP contribution in [0.15, 0.2) is 40.9 Å². The van der Waals surface area contributed by atoms with Gasteiger partial charge in [-0.2, -0.15) is 10.2 Å². The molecule has 3 aromatic rings. The summed E-state index contributed by atoms with van der Waals surface area (Å²) in [5.74, 6) is 0.669. The normalized spacial score (nSPS) is 12.2. The number of fused-ring (bicyclic) bond motifs is 1. The van der Waals surface area contributed by atoms with Crippen molar-refractivity contribution in [1.29, 1.82) is 5.26 Å². The molecular formula is C15H12N4O2. The van der Waals surface area contributed by atoms with Crippen molar-refractivity contribution in [2.45, 2.75) is 18.9 Å². The maximum absolute atomic E-state index is 9.56. The minimum atomic E-state index is -0.798. The van der Waals surface area contributed by atoms with Crippen LogP contribution in [-0.2, 0) is 6.42 Å². The molecule has 21 heavy (non-hydrogen) atoms. The lowest BCUT2D eigenvalue weighted by Gasteiger charge is -2.00. The molecule has 1 N–H and O–H groups in total. The Bertz CT molecular complexity index is 807. The zero-order valence-electron chi connectivity index (χ0n) is 11.1. The molecule has 1 atom stereocenters. The molecule has 2 aromatic heterocycles. The van der Waals surface area contributed by atoms with E-state index >= 15 is 0 Å². The van der Waals surface area contributed by atoms with Gasteiger partial charge in [0.05, 0.1) is 30.5 Å². The van der Waals surface area contributed by atoms with Gasteiger partial charge in [0, 0.05) is 5.39 Å². The molecule has 0 aliphatic rings. The van der Waals surface area contributed by atoms with Gasteiger partial charge in [0.2, 0.25) is 11.7 Å². The van der Waals surface area contributed by atoms with Crippen molar-refractivity contribution in [1.82, 2.24) is 15.1 Å². The Morgan fingerprint density at radius 2 is 2.05 bits per heavy atom. The highest BCUT2D eigenvalue weighted by Gasteiger charge is 2.14. The highest BCUT2D eigenvalue weighted by Crippen LogP contribution is 2.19. The molecule has 1 aromatic carbocycles. The number of aliphatic hydroxyl groups is 1. The van der Waals surface area contributed by atoms with Crippen LogP contribution in [-0.4, -0.2) is 26.3 Å². The van der Waals surface area contributed by atoms with Crippen molar-refractivity contribution in [2.75, 3.05) is 0 Å². The highest BCUT2D eigenvalue weighted by atomic mass is 16.5. The molecule has 2 heterocycles. The highest BCUT2D eigenvalue weighted by molar-refractivity contribution is 5.80. The van der Waals surface area contributed by atoms with Gasteiger partial charge in [-0.25, -0.2) is 4.98 Å². The van der Waals surface area contributed by atoms with Crippen LogP contribution < -0.4 is 0 Å². The molecule has 0 spiro atoms. The first-order valence-electron chi connectivity index (χ1n) is 6.50. The zero-order chi connectivity index (χ0) is 14.7. The second kappa shape index (κ2) is 5.69. The monoisotopic (exact) mass is 280 g/mol. The number of hydrogen-bond donors (Lipinski definition) is 1. The summed E-state index contributed by atoms with van der Waals surface area (Å²) in [4.78, 5) is 8.67. The first-order valence-corrected chi connectivity index (χ1v) is 6.50. The number of nitrogens with zero attached hydrogens (tertiary/aromatic N) is 4. The molecule has 0 saturated carbocycles. The van der Waals surface area contributed by atoms with Gasteiger partial charge in [0.25, 0.3) is 0 Å². The van der Waals surface area contributed by atoms with Crippen molar-refractivity contribution in [3.05, 3.63) is 42.3 Å². The topological polar surface area (TPSA) is 95.8 Å². The van der Waals surface area contributed by atoms with E-state index in [0.29, 0.717) is 17.4 Å². The van der Waals surface area contributed by atoms with Gasteiger partial charge in [-0.3, -0.25) is 0 Å². The quantitative estimate of drug-likeness (QED) is 0.786. The van der Waals surface area contributed by atoms with Crippen LogP contribution in [0.4, 0.5) is 0 Å². The minimum Gasteiger partial charge on any atom is -0.392 e. The van der Waals surface area contributed by atoms with Gasteiger partial charge in [0.15, 0.2) is 0 Å². The second-order valence-electron chi connectivity index (χ2n) is 4.62. The Morgan fingerprint density at radius 1 is 1.19 bits per heavy atom. The van der Waals surface area contributed by atoms with E-state index < -0.39 is 6.10 Å². The summed E-state index contributed by atoms with van der Waals surface area (Å²) >= 11 is 0. The van der Waals surface area contributed by atoms with Crippen LogP contribution in [0.3, 0.4) is 0 Å². The zero-order valence-corrected chi connectivity index (χ0v) is 11.1. The number of aromatic nitrogens is 3. The van der Waals surface area contributed by atoms with Gasteiger partial charge < -0.3 is 9.63 Å². The van der Waals surface area contributed by atoms with Crippen LogP contribution in [0, 0.1) is 11.3 Å². The molecule has 0 saturated heterocycles. The fourth-order valence-electron chi connectivity index (χ4n) is 2.01. The van der Waals surface area contributed by atoms with Crippen LogP contribution in [0.2, 0.25) is 0 Å². The van der Waals surface area contributed by atoms with Crippen LogP contribution in [0.25, 0.3) is 22.4 Å². The molecule has 1 unspecified atom stereocenters. The molecule has 0 amide bonds. The van der Waals surface area contributed by atoms with Gasteiger partial charge in [-0.1, -0.05) is 29.4 Å². The Hall–Kier alpha value is -2.78. The standard InChI is InChI=1S/C15H12N4O2/c16-8-7-11(20)9-14-18-15(19-21-14)13-6-5-10-3-1-2-4-12(10)17-13/h1-6,11,20H,7,9H2. The summed E-state index contributed by atoms with van der Waals surface area (Å²) in [7, 11) is 0. The molecular weight excluding hydrogens is 268 g/mol. The molecule has 0 aliphatic heterocycles. The minimum absolute atomic E-state index is 0.0337. The molecule has 104 valence electrons. The Labute approximate surface area is 120 Å². The molecule has 6 heteroatoms. The molecule has 0 radical (unpaired) electrons. The van der Waals surface area contributed by atoms with Crippen LogP contribution in [0.1, 0.15) is 12.3 Å². The van der Waals surface area contributed by atoms with E-state index in [0.717, 1.165) is 10.9 Å². The lowest BCUT2D eigenvalue weighted by molar-refractivity contribution is 0.167. The van der Waals surface area contributed by atoms with E-state index in [1.54, 1.807) is 0 Å². The van der Waals surface area contributed by atoms with E-state index in [1.165, 1.54) is 0 Å². The number of benzene rings is 1. The summed E-state index contributed by atoms with van der Waals surface area (Å²) in [5, 5.41) is 23.0. The van der Waals surface area contributed by atoms with Gasteiger partial charge in [-0.15, -0.1) is 0 Å². The summed E-state index contributed by atoms with van der Waals surface area (Å²) in [6.45, 7) is 0. The fraction of sp³-hybridized carbons (Fsp3) is 0.200. The number of pyridine rings is 1. The lowest BCUT2D eigenvalue weighted by atomic mass is 10.2. The van der Waals surface area contributed by atoms with Crippen molar-refractivity contribution in [3.8, 4) is 17.6 Å². The summed E-state index contributed by atoms with van der Waals surface area (Å²) in [6.07, 6.45) is -0.604. The van der Waals surface area contributed by atoms with Crippen molar-refractivity contribution in [2.24, 2.45) is 0 Å². The third-order valence-electron chi connectivity index (χ3n) is 3.03. The van der Waals surface area contributed by atoms with Gasteiger partial charge >= 0.3 is 0 Å². The maximum atomic E-state index is 9.56. The number of nitriles is 1. The first kappa shape index (κ1) is 13.2. The predicted octanol–water partition coefficient (Wildman–Crippen LogP) is 2.10. The summed E-state index contributed by atoms with van der Waals surface area (Å²) in [6, 6.07) is 13.4. The first-order chi connectivity index (χ1) is 10.3.